The van der Waals surface area contributed by atoms with Gasteiger partial charge in [-0.3, -0.25) is 4.79 Å². The number of halogens is 3. The Kier molecular flexibility index (Phi) is 2.59. The van der Waals surface area contributed by atoms with Crippen LogP contribution < -0.4 is 5.73 Å². The number of fused-ring (bicyclic) bond motifs is 1. The lowest BCUT2D eigenvalue weighted by Crippen LogP contribution is -2.14. The van der Waals surface area contributed by atoms with Crippen LogP contribution in [0.4, 0.5) is 8.78 Å². The summed E-state index contributed by atoms with van der Waals surface area (Å²) in [7, 11) is 0. The van der Waals surface area contributed by atoms with Crippen LogP contribution in [-0.2, 0) is 0 Å². The normalized spacial score (nSPS) is 10.7. The second-order valence-electron chi connectivity index (χ2n) is 3.13. The molecular formula is C10H5BrF2N2O. The van der Waals surface area contributed by atoms with E-state index in [0.717, 1.165) is 6.07 Å². The molecule has 0 aliphatic heterocycles. The number of carbonyl (C=O) groups is 1. The average Bonchev–Trinajstić information content (AvgIpc) is 2.19. The maximum Gasteiger partial charge on any atom is 0.268 e. The average molecular weight is 287 g/mol. The van der Waals surface area contributed by atoms with Gasteiger partial charge in [-0.1, -0.05) is 0 Å². The Morgan fingerprint density at radius 1 is 1.38 bits per heavy atom. The van der Waals surface area contributed by atoms with Gasteiger partial charge in [0.05, 0.1) is 5.39 Å². The van der Waals surface area contributed by atoms with Gasteiger partial charge in [0, 0.05) is 22.1 Å². The number of nitrogens with two attached hydrogens (primary N) is 1. The van der Waals surface area contributed by atoms with Crippen molar-refractivity contribution in [2.45, 2.75) is 0 Å². The van der Waals surface area contributed by atoms with Gasteiger partial charge in [-0.2, -0.15) is 0 Å². The van der Waals surface area contributed by atoms with Crippen LogP contribution >= 0.6 is 15.9 Å². The number of pyridine rings is 1. The highest BCUT2D eigenvalue weighted by Crippen LogP contribution is 2.28. The first kappa shape index (κ1) is 10.9. The number of hydrogen-bond donors (Lipinski definition) is 1. The fraction of sp³-hybridized carbons (Fsp3) is 0. The zero-order chi connectivity index (χ0) is 11.9. The minimum absolute atomic E-state index is 0.0803. The van der Waals surface area contributed by atoms with Gasteiger partial charge in [0.1, 0.15) is 17.3 Å². The van der Waals surface area contributed by atoms with E-state index in [2.05, 4.69) is 20.9 Å². The van der Waals surface area contributed by atoms with Crippen LogP contribution in [0.25, 0.3) is 10.8 Å². The van der Waals surface area contributed by atoms with Crippen molar-refractivity contribution in [3.63, 3.8) is 0 Å². The Labute approximate surface area is 97.4 Å². The molecule has 1 aromatic heterocycles. The van der Waals surface area contributed by atoms with Crippen molar-refractivity contribution in [1.82, 2.24) is 4.98 Å². The van der Waals surface area contributed by atoms with Crippen LogP contribution in [-0.4, -0.2) is 10.9 Å². The fourth-order valence-electron chi connectivity index (χ4n) is 1.44. The zero-order valence-corrected chi connectivity index (χ0v) is 9.38. The van der Waals surface area contributed by atoms with Crippen LogP contribution in [0.2, 0.25) is 0 Å². The van der Waals surface area contributed by atoms with Gasteiger partial charge in [-0.05, 0) is 22.0 Å². The fourth-order valence-corrected chi connectivity index (χ4v) is 1.86. The van der Waals surface area contributed by atoms with E-state index in [1.807, 2.05) is 0 Å². The third-order valence-corrected chi connectivity index (χ3v) is 2.72. The third-order valence-electron chi connectivity index (χ3n) is 2.09. The van der Waals surface area contributed by atoms with Gasteiger partial charge in [-0.15, -0.1) is 0 Å². The topological polar surface area (TPSA) is 56.0 Å². The first-order chi connectivity index (χ1) is 7.50. The summed E-state index contributed by atoms with van der Waals surface area (Å²) in [6.45, 7) is 0. The minimum Gasteiger partial charge on any atom is -0.364 e. The van der Waals surface area contributed by atoms with Gasteiger partial charge in [0.2, 0.25) is 0 Å². The molecule has 0 unspecified atom stereocenters. The molecule has 0 fully saturated rings. The Morgan fingerprint density at radius 2 is 2.06 bits per heavy atom. The van der Waals surface area contributed by atoms with E-state index in [4.69, 9.17) is 5.73 Å². The molecule has 1 amide bonds. The van der Waals surface area contributed by atoms with E-state index in [1.54, 1.807) is 0 Å². The smallest absolute Gasteiger partial charge is 0.268 e. The molecule has 1 aromatic carbocycles. The predicted molar refractivity (Wildman–Crippen MR) is 57.9 cm³/mol. The van der Waals surface area contributed by atoms with Crippen molar-refractivity contribution < 1.29 is 13.6 Å². The van der Waals surface area contributed by atoms with E-state index < -0.39 is 17.5 Å². The molecule has 3 nitrogen and oxygen atoms in total. The van der Waals surface area contributed by atoms with Gasteiger partial charge in [0.25, 0.3) is 5.91 Å². The van der Waals surface area contributed by atoms with Crippen molar-refractivity contribution >= 4 is 32.6 Å². The Bertz CT molecular complexity index is 601. The summed E-state index contributed by atoms with van der Waals surface area (Å²) in [4.78, 5) is 14.8. The number of carbonyl (C=O) groups excluding carboxylic acids is 1. The van der Waals surface area contributed by atoms with Crippen molar-refractivity contribution in [2.24, 2.45) is 5.73 Å². The van der Waals surface area contributed by atoms with Crippen molar-refractivity contribution in [3.05, 3.63) is 40.1 Å². The maximum atomic E-state index is 13.5. The summed E-state index contributed by atoms with van der Waals surface area (Å²) in [6.07, 6.45) is 1.28. The Morgan fingerprint density at radius 3 is 2.69 bits per heavy atom. The molecule has 0 saturated heterocycles. The number of benzene rings is 1. The van der Waals surface area contributed by atoms with Crippen molar-refractivity contribution in [3.8, 4) is 0 Å². The summed E-state index contributed by atoms with van der Waals surface area (Å²) in [5.74, 6) is -2.45. The zero-order valence-electron chi connectivity index (χ0n) is 7.80. The number of nitrogens with zero attached hydrogens (tertiary/aromatic N) is 1. The molecule has 0 bridgehead atoms. The molecule has 0 aliphatic rings. The summed E-state index contributed by atoms with van der Waals surface area (Å²) >= 11 is 3.10. The lowest BCUT2D eigenvalue weighted by molar-refractivity contribution is 0.0997. The first-order valence-corrected chi connectivity index (χ1v) is 5.03. The van der Waals surface area contributed by atoms with Crippen LogP contribution in [0.5, 0.6) is 0 Å². The van der Waals surface area contributed by atoms with Crippen LogP contribution in [0.1, 0.15) is 10.5 Å². The van der Waals surface area contributed by atoms with E-state index in [-0.39, 0.29) is 16.5 Å². The van der Waals surface area contributed by atoms with Crippen LogP contribution in [0, 0.1) is 11.6 Å². The summed E-state index contributed by atoms with van der Waals surface area (Å²) in [5.41, 5.74) is 4.85. The van der Waals surface area contributed by atoms with E-state index >= 15 is 0 Å². The molecule has 2 N–H and O–H groups in total. The van der Waals surface area contributed by atoms with Crippen LogP contribution in [0.3, 0.4) is 0 Å². The molecule has 0 spiro atoms. The number of amides is 1. The standard InChI is InChI=1S/C10H5BrF2N2O/c11-6-3-15-9(10(14)16)8-5(6)1-4(12)2-7(8)13/h1-3H,(H2,14,16). The molecule has 2 rings (SSSR count). The van der Waals surface area contributed by atoms with Gasteiger partial charge >= 0.3 is 0 Å². The molecule has 2 aromatic rings. The molecule has 1 heterocycles. The van der Waals surface area contributed by atoms with Gasteiger partial charge < -0.3 is 5.73 Å². The third kappa shape index (κ3) is 1.65. The lowest BCUT2D eigenvalue weighted by atomic mass is 10.1. The largest absolute Gasteiger partial charge is 0.364 e. The number of aromatic nitrogens is 1. The molecule has 16 heavy (non-hydrogen) atoms. The summed E-state index contributed by atoms with van der Waals surface area (Å²) < 4.78 is 26.9. The summed E-state index contributed by atoms with van der Waals surface area (Å²) in [6, 6.07) is 1.79. The maximum absolute atomic E-state index is 13.5. The van der Waals surface area contributed by atoms with E-state index in [0.29, 0.717) is 10.5 Å². The summed E-state index contributed by atoms with van der Waals surface area (Å²) in [5, 5.41) is 0.143. The van der Waals surface area contributed by atoms with Gasteiger partial charge in [-0.25, -0.2) is 13.8 Å². The highest BCUT2D eigenvalue weighted by Gasteiger charge is 2.15. The van der Waals surface area contributed by atoms with E-state index in [1.165, 1.54) is 6.20 Å². The Balaban J connectivity index is 2.98. The number of rotatable bonds is 1. The number of hydrogen-bond acceptors (Lipinski definition) is 2. The quantitative estimate of drug-likeness (QED) is 0.875. The molecule has 0 radical (unpaired) electrons. The van der Waals surface area contributed by atoms with Crippen molar-refractivity contribution in [1.29, 1.82) is 0 Å². The molecule has 0 saturated carbocycles. The monoisotopic (exact) mass is 286 g/mol. The van der Waals surface area contributed by atoms with Crippen LogP contribution in [0.15, 0.2) is 22.8 Å². The number of primary amides is 1. The van der Waals surface area contributed by atoms with E-state index in [9.17, 15) is 13.6 Å². The molecular weight excluding hydrogens is 282 g/mol. The Hall–Kier alpha value is -1.56. The highest BCUT2D eigenvalue weighted by atomic mass is 79.9. The second-order valence-corrected chi connectivity index (χ2v) is 3.98. The SMILES string of the molecule is NC(=O)c1ncc(Br)c2cc(F)cc(F)c12. The van der Waals surface area contributed by atoms with Gasteiger partial charge in [0.15, 0.2) is 0 Å². The predicted octanol–water partition coefficient (Wildman–Crippen LogP) is 2.37. The first-order valence-electron chi connectivity index (χ1n) is 4.23. The molecule has 0 atom stereocenters. The highest BCUT2D eigenvalue weighted by molar-refractivity contribution is 9.10. The second kappa shape index (κ2) is 3.79. The lowest BCUT2D eigenvalue weighted by Gasteiger charge is -2.05. The molecule has 6 heteroatoms. The molecule has 0 aliphatic carbocycles. The molecule has 82 valence electrons. The minimum atomic E-state index is -0.863. The van der Waals surface area contributed by atoms with Crippen molar-refractivity contribution in [2.75, 3.05) is 0 Å².